The number of carbonyl (C=O) groups is 2. The van der Waals surface area contributed by atoms with Crippen LogP contribution in [0.2, 0.25) is 0 Å². The van der Waals surface area contributed by atoms with Gasteiger partial charge in [-0.05, 0) is 73.6 Å². The molecule has 0 spiro atoms. The van der Waals surface area contributed by atoms with Crippen molar-refractivity contribution in [2.75, 3.05) is 33.4 Å². The van der Waals surface area contributed by atoms with Crippen molar-refractivity contribution in [3.8, 4) is 5.75 Å². The Hall–Kier alpha value is -3.12. The highest BCUT2D eigenvalue weighted by Gasteiger charge is 2.23. The molecule has 198 valence electrons. The third kappa shape index (κ3) is 6.61. The predicted molar refractivity (Wildman–Crippen MR) is 146 cm³/mol. The van der Waals surface area contributed by atoms with Crippen molar-refractivity contribution in [2.45, 2.75) is 52.9 Å². The number of hydrogen-bond acceptors (Lipinski definition) is 6. The summed E-state index contributed by atoms with van der Waals surface area (Å²) >= 11 is 0. The minimum absolute atomic E-state index is 0.0874. The van der Waals surface area contributed by atoms with Gasteiger partial charge < -0.3 is 18.8 Å². The fourth-order valence-electron chi connectivity index (χ4n) is 5.45. The zero-order valence-corrected chi connectivity index (χ0v) is 22.5. The Balaban J connectivity index is 1.43. The van der Waals surface area contributed by atoms with Gasteiger partial charge in [0, 0.05) is 37.0 Å². The standard InChI is InChI=1S/C31H39NO5/c1-5-6-8-27-29(26-14-11-24(31(34)35-4)18-28(26)37-27)30(33)23-9-12-25(13-10-23)36-16-7-15-32-19-21(2)17-22(3)20-32/h9-14,18,21-22H,5-8,15-17,19-20H2,1-4H3. The first kappa shape index (κ1) is 26.9. The summed E-state index contributed by atoms with van der Waals surface area (Å²) < 4.78 is 16.9. The summed E-state index contributed by atoms with van der Waals surface area (Å²) in [6, 6.07) is 12.5. The van der Waals surface area contributed by atoms with E-state index >= 15 is 0 Å². The van der Waals surface area contributed by atoms with Crippen LogP contribution in [0.25, 0.3) is 11.0 Å². The van der Waals surface area contributed by atoms with Crippen molar-refractivity contribution in [1.82, 2.24) is 4.90 Å². The lowest BCUT2D eigenvalue weighted by atomic mass is 9.92. The Bertz CT molecular complexity index is 1200. The number of hydrogen-bond donors (Lipinski definition) is 0. The predicted octanol–water partition coefficient (Wildman–Crippen LogP) is 6.54. The monoisotopic (exact) mass is 505 g/mol. The molecule has 6 heteroatoms. The van der Waals surface area contributed by atoms with Gasteiger partial charge in [-0.1, -0.05) is 27.2 Å². The van der Waals surface area contributed by atoms with Crippen molar-refractivity contribution in [1.29, 1.82) is 0 Å². The number of fused-ring (bicyclic) bond motifs is 1. The largest absolute Gasteiger partial charge is 0.494 e. The number of furan rings is 1. The van der Waals surface area contributed by atoms with Gasteiger partial charge in [0.15, 0.2) is 5.78 Å². The number of aryl methyl sites for hydroxylation is 1. The fourth-order valence-corrected chi connectivity index (χ4v) is 5.45. The van der Waals surface area contributed by atoms with Crippen LogP contribution in [0, 0.1) is 11.8 Å². The number of carbonyl (C=O) groups excluding carboxylic acids is 2. The third-order valence-corrected chi connectivity index (χ3v) is 7.12. The highest BCUT2D eigenvalue weighted by molar-refractivity contribution is 6.17. The smallest absolute Gasteiger partial charge is 0.337 e. The molecule has 1 saturated heterocycles. The molecule has 0 radical (unpaired) electrons. The van der Waals surface area contributed by atoms with Crippen LogP contribution in [0.1, 0.15) is 78.5 Å². The Morgan fingerprint density at radius 1 is 1.00 bits per heavy atom. The molecule has 0 N–H and O–H groups in total. The number of unbranched alkanes of at least 4 members (excludes halogenated alkanes) is 1. The molecular weight excluding hydrogens is 466 g/mol. The van der Waals surface area contributed by atoms with Gasteiger partial charge in [0.2, 0.25) is 0 Å². The molecule has 0 saturated carbocycles. The number of benzene rings is 2. The maximum Gasteiger partial charge on any atom is 0.337 e. The van der Waals surface area contributed by atoms with Gasteiger partial charge in [-0.25, -0.2) is 4.79 Å². The molecule has 2 heterocycles. The molecule has 1 aliphatic rings. The maximum absolute atomic E-state index is 13.6. The van der Waals surface area contributed by atoms with Crippen LogP contribution < -0.4 is 4.74 Å². The van der Waals surface area contributed by atoms with Crippen LogP contribution in [0.5, 0.6) is 5.75 Å². The van der Waals surface area contributed by atoms with E-state index in [-0.39, 0.29) is 5.78 Å². The first-order valence-corrected chi connectivity index (χ1v) is 13.5. The molecule has 4 rings (SSSR count). The molecule has 0 amide bonds. The minimum Gasteiger partial charge on any atom is -0.494 e. The number of nitrogens with zero attached hydrogens (tertiary/aromatic N) is 1. The van der Waals surface area contributed by atoms with Gasteiger partial charge in [-0.15, -0.1) is 0 Å². The van der Waals surface area contributed by atoms with E-state index < -0.39 is 5.97 Å². The van der Waals surface area contributed by atoms with Crippen LogP contribution in [-0.4, -0.2) is 50.0 Å². The number of ketones is 1. The van der Waals surface area contributed by atoms with Crippen molar-refractivity contribution >= 4 is 22.7 Å². The van der Waals surface area contributed by atoms with E-state index in [9.17, 15) is 9.59 Å². The summed E-state index contributed by atoms with van der Waals surface area (Å²) in [7, 11) is 1.35. The van der Waals surface area contributed by atoms with E-state index in [1.807, 2.05) is 24.3 Å². The van der Waals surface area contributed by atoms with Gasteiger partial charge in [-0.2, -0.15) is 0 Å². The lowest BCUT2D eigenvalue weighted by Crippen LogP contribution is -2.39. The highest BCUT2D eigenvalue weighted by Crippen LogP contribution is 2.31. The molecule has 0 aliphatic carbocycles. The number of likely N-dealkylation sites (tertiary alicyclic amines) is 1. The number of methoxy groups -OCH3 is 1. The molecule has 6 nitrogen and oxygen atoms in total. The lowest BCUT2D eigenvalue weighted by molar-refractivity contribution is 0.0600. The summed E-state index contributed by atoms with van der Waals surface area (Å²) in [6.45, 7) is 10.8. The first-order chi connectivity index (χ1) is 17.9. The Morgan fingerprint density at radius 2 is 1.70 bits per heavy atom. The number of rotatable bonds is 11. The van der Waals surface area contributed by atoms with Gasteiger partial charge in [0.1, 0.15) is 17.1 Å². The van der Waals surface area contributed by atoms with Crippen LogP contribution in [0.4, 0.5) is 0 Å². The number of esters is 1. The molecule has 2 aromatic carbocycles. The minimum atomic E-state index is -0.433. The average Bonchev–Trinajstić information content (AvgIpc) is 3.26. The molecule has 2 atom stereocenters. The second-order valence-electron chi connectivity index (χ2n) is 10.5. The topological polar surface area (TPSA) is 69.0 Å². The van der Waals surface area contributed by atoms with Crippen molar-refractivity contribution in [3.63, 3.8) is 0 Å². The van der Waals surface area contributed by atoms with Crippen molar-refractivity contribution < 1.29 is 23.5 Å². The zero-order valence-electron chi connectivity index (χ0n) is 22.5. The first-order valence-electron chi connectivity index (χ1n) is 13.5. The van der Waals surface area contributed by atoms with E-state index in [4.69, 9.17) is 13.9 Å². The summed E-state index contributed by atoms with van der Waals surface area (Å²) in [5.74, 6) is 2.43. The second kappa shape index (κ2) is 12.4. The summed E-state index contributed by atoms with van der Waals surface area (Å²) in [4.78, 5) is 28.1. The van der Waals surface area contributed by atoms with Crippen LogP contribution in [0.3, 0.4) is 0 Å². The lowest BCUT2D eigenvalue weighted by Gasteiger charge is -2.34. The Labute approximate surface area is 219 Å². The van der Waals surface area contributed by atoms with Gasteiger partial charge in [0.05, 0.1) is 24.8 Å². The SMILES string of the molecule is CCCCc1oc2cc(C(=O)OC)ccc2c1C(=O)c1ccc(OCCCN2CC(C)CC(C)C2)cc1. The maximum atomic E-state index is 13.6. The van der Waals surface area contributed by atoms with E-state index in [1.54, 1.807) is 18.2 Å². The molecule has 1 aromatic heterocycles. The summed E-state index contributed by atoms with van der Waals surface area (Å²) in [6.07, 6.45) is 4.86. The number of ether oxygens (including phenoxy) is 2. The molecule has 1 fully saturated rings. The molecular formula is C31H39NO5. The van der Waals surface area contributed by atoms with Crippen LogP contribution in [0.15, 0.2) is 46.9 Å². The average molecular weight is 506 g/mol. The number of piperidine rings is 1. The van der Waals surface area contributed by atoms with Gasteiger partial charge in [-0.3, -0.25) is 4.79 Å². The third-order valence-electron chi connectivity index (χ3n) is 7.12. The quantitative estimate of drug-likeness (QED) is 0.167. The molecule has 1 aliphatic heterocycles. The van der Waals surface area contributed by atoms with Crippen LogP contribution >= 0.6 is 0 Å². The van der Waals surface area contributed by atoms with E-state index in [0.717, 1.165) is 43.4 Å². The molecule has 37 heavy (non-hydrogen) atoms. The highest BCUT2D eigenvalue weighted by atomic mass is 16.5. The van der Waals surface area contributed by atoms with Crippen LogP contribution in [-0.2, 0) is 11.2 Å². The van der Waals surface area contributed by atoms with Gasteiger partial charge in [0.25, 0.3) is 0 Å². The summed E-state index contributed by atoms with van der Waals surface area (Å²) in [5, 5.41) is 0.713. The van der Waals surface area contributed by atoms with Crippen molar-refractivity contribution in [3.05, 3.63) is 64.9 Å². The molecule has 2 unspecified atom stereocenters. The van der Waals surface area contributed by atoms with E-state index in [0.29, 0.717) is 46.4 Å². The van der Waals surface area contributed by atoms with Crippen molar-refractivity contribution in [2.24, 2.45) is 11.8 Å². The summed E-state index contributed by atoms with van der Waals surface area (Å²) in [5.41, 5.74) is 2.07. The van der Waals surface area contributed by atoms with Gasteiger partial charge >= 0.3 is 5.97 Å². The normalized spacial score (nSPS) is 18.2. The van der Waals surface area contributed by atoms with E-state index in [1.165, 1.54) is 26.6 Å². The molecule has 3 aromatic rings. The zero-order chi connectivity index (χ0) is 26.4. The van der Waals surface area contributed by atoms with E-state index in [2.05, 4.69) is 25.7 Å². The Morgan fingerprint density at radius 3 is 2.38 bits per heavy atom. The fraction of sp³-hybridized carbons (Fsp3) is 0.484. The molecule has 0 bridgehead atoms. The Kier molecular flexibility index (Phi) is 9.04. The second-order valence-corrected chi connectivity index (χ2v) is 10.5.